The van der Waals surface area contributed by atoms with E-state index in [9.17, 15) is 21.2 Å². The van der Waals surface area contributed by atoms with Crippen LogP contribution in [0.15, 0.2) is 77.0 Å². The first kappa shape index (κ1) is 23.8. The van der Waals surface area contributed by atoms with Gasteiger partial charge in [0, 0.05) is 35.6 Å². The van der Waals surface area contributed by atoms with E-state index >= 15 is 0 Å². The van der Waals surface area contributed by atoms with E-state index in [1.54, 1.807) is 30.3 Å². The van der Waals surface area contributed by atoms with Crippen LogP contribution in [-0.4, -0.2) is 40.8 Å². The molecule has 176 valence electrons. The summed E-state index contributed by atoms with van der Waals surface area (Å²) < 4.78 is 71.0. The van der Waals surface area contributed by atoms with Crippen molar-refractivity contribution in [3.8, 4) is 0 Å². The molecule has 0 bridgehead atoms. The molecule has 0 amide bonds. The zero-order valence-electron chi connectivity index (χ0n) is 17.6. The molecule has 4 rings (SSSR count). The maximum Gasteiger partial charge on any atom is 0.299 e. The van der Waals surface area contributed by atoms with E-state index in [1.165, 1.54) is 27.8 Å². The summed E-state index contributed by atoms with van der Waals surface area (Å²) in [6, 6.07) is 17.2. The largest absolute Gasteiger partial charge is 0.299 e. The van der Waals surface area contributed by atoms with Crippen LogP contribution in [0.2, 0.25) is 0 Å². The third-order valence-electron chi connectivity index (χ3n) is 5.80. The van der Waals surface area contributed by atoms with Gasteiger partial charge >= 0.3 is 0 Å². The number of anilines is 1. The Labute approximate surface area is 197 Å². The minimum absolute atomic E-state index is 0.0419. The minimum atomic E-state index is -3.81. The third kappa shape index (κ3) is 5.44. The van der Waals surface area contributed by atoms with Crippen molar-refractivity contribution < 1.29 is 21.2 Å². The number of para-hydroxylation sites is 1. The molecule has 0 radical (unpaired) electrons. The molecule has 1 aromatic heterocycles. The minimum Gasteiger partial charge on any atom is -0.271 e. The fourth-order valence-electron chi connectivity index (χ4n) is 3.93. The molecular weight excluding hydrogens is 485 g/mol. The van der Waals surface area contributed by atoms with Crippen molar-refractivity contribution in [2.75, 3.05) is 24.4 Å². The van der Waals surface area contributed by atoms with Crippen LogP contribution in [0, 0.1) is 5.82 Å². The van der Waals surface area contributed by atoms with E-state index in [4.69, 9.17) is 0 Å². The summed E-state index contributed by atoms with van der Waals surface area (Å²) in [6.45, 7) is 0.594. The summed E-state index contributed by atoms with van der Waals surface area (Å²) in [6.07, 6.45) is 0.892. The molecule has 2 heterocycles. The lowest BCUT2D eigenvalue weighted by Gasteiger charge is -2.40. The second kappa shape index (κ2) is 9.51. The number of hydrogen-bond donors (Lipinski definition) is 2. The molecule has 1 saturated heterocycles. The second-order valence-electron chi connectivity index (χ2n) is 7.91. The molecule has 1 aliphatic rings. The highest BCUT2D eigenvalue weighted by Gasteiger charge is 2.41. The number of rotatable bonds is 8. The van der Waals surface area contributed by atoms with Crippen molar-refractivity contribution >= 4 is 37.3 Å². The maximum atomic E-state index is 13.2. The first-order chi connectivity index (χ1) is 15.7. The quantitative estimate of drug-likeness (QED) is 0.485. The van der Waals surface area contributed by atoms with Crippen LogP contribution in [-0.2, 0) is 25.6 Å². The molecule has 3 aromatic rings. The molecule has 2 aromatic carbocycles. The number of thiophene rings is 1. The Hall–Kier alpha value is -2.31. The maximum absolute atomic E-state index is 13.2. The van der Waals surface area contributed by atoms with Crippen molar-refractivity contribution in [3.63, 3.8) is 0 Å². The first-order valence-corrected chi connectivity index (χ1v) is 14.1. The first-order valence-electron chi connectivity index (χ1n) is 10.3. The van der Waals surface area contributed by atoms with Gasteiger partial charge in [0.1, 0.15) is 5.82 Å². The van der Waals surface area contributed by atoms with Gasteiger partial charge in [0.2, 0.25) is 10.0 Å². The molecule has 1 aliphatic heterocycles. The van der Waals surface area contributed by atoms with Gasteiger partial charge in [-0.25, -0.2) is 12.8 Å². The van der Waals surface area contributed by atoms with Crippen molar-refractivity contribution in [1.82, 2.24) is 9.03 Å². The number of halogens is 1. The van der Waals surface area contributed by atoms with E-state index in [0.717, 1.165) is 17.0 Å². The van der Waals surface area contributed by atoms with Crippen LogP contribution in [0.5, 0.6) is 0 Å². The average molecular weight is 510 g/mol. The molecule has 0 spiro atoms. The van der Waals surface area contributed by atoms with Crippen molar-refractivity contribution in [1.29, 1.82) is 0 Å². The molecule has 1 fully saturated rings. The standard InChI is InChI=1S/C22H24FN3O4S3/c23-18-8-10-20(11-9-18)32(27,28)26-14-12-22(13-15-26,21-7-4-16-31-21)17-24-33(29,30)25-19-5-2-1-3-6-19/h1-11,16,24-25H,12-15,17H2. The zero-order valence-corrected chi connectivity index (χ0v) is 20.1. The summed E-state index contributed by atoms with van der Waals surface area (Å²) in [7, 11) is -7.58. The number of sulfonamides is 1. The average Bonchev–Trinajstić information content (AvgIpc) is 3.35. The Morgan fingerprint density at radius 2 is 1.58 bits per heavy atom. The van der Waals surface area contributed by atoms with Gasteiger partial charge < -0.3 is 0 Å². The van der Waals surface area contributed by atoms with Gasteiger partial charge in [0.15, 0.2) is 0 Å². The van der Waals surface area contributed by atoms with E-state index in [1.807, 2.05) is 17.5 Å². The molecule has 33 heavy (non-hydrogen) atoms. The summed E-state index contributed by atoms with van der Waals surface area (Å²) >= 11 is 1.52. The molecular formula is C22H24FN3O4S3. The van der Waals surface area contributed by atoms with Gasteiger partial charge in [0.25, 0.3) is 10.2 Å². The van der Waals surface area contributed by atoms with E-state index < -0.39 is 31.5 Å². The van der Waals surface area contributed by atoms with Gasteiger partial charge in [-0.2, -0.15) is 17.4 Å². The predicted octanol–water partition coefficient (Wildman–Crippen LogP) is 3.56. The Balaban J connectivity index is 1.49. The van der Waals surface area contributed by atoms with E-state index in [2.05, 4.69) is 9.44 Å². The Bertz CT molecular complexity index is 1270. The number of nitrogens with zero attached hydrogens (tertiary/aromatic N) is 1. The summed E-state index contributed by atoms with van der Waals surface area (Å²) in [4.78, 5) is 1.05. The normalized spacial score (nSPS) is 17.0. The van der Waals surface area contributed by atoms with E-state index in [-0.39, 0.29) is 24.5 Å². The smallest absolute Gasteiger partial charge is 0.271 e. The SMILES string of the molecule is O=S(=O)(NCC1(c2cccs2)CCN(S(=O)(=O)c2ccc(F)cc2)CC1)Nc1ccccc1. The topological polar surface area (TPSA) is 95.6 Å². The Morgan fingerprint density at radius 1 is 0.909 bits per heavy atom. The fourth-order valence-corrected chi connectivity index (χ4v) is 7.34. The van der Waals surface area contributed by atoms with Gasteiger partial charge in [-0.15, -0.1) is 11.3 Å². The van der Waals surface area contributed by atoms with Gasteiger partial charge in [-0.05, 0) is 60.7 Å². The monoisotopic (exact) mass is 509 g/mol. The number of hydrogen-bond acceptors (Lipinski definition) is 5. The predicted molar refractivity (Wildman–Crippen MR) is 127 cm³/mol. The van der Waals surface area contributed by atoms with Crippen LogP contribution < -0.4 is 9.44 Å². The number of nitrogens with one attached hydrogen (secondary N) is 2. The molecule has 0 aliphatic carbocycles. The van der Waals surface area contributed by atoms with Gasteiger partial charge in [-0.1, -0.05) is 24.3 Å². The van der Waals surface area contributed by atoms with Crippen molar-refractivity contribution in [2.45, 2.75) is 23.2 Å². The molecule has 0 unspecified atom stereocenters. The van der Waals surface area contributed by atoms with Crippen molar-refractivity contribution in [2.24, 2.45) is 0 Å². The molecule has 2 N–H and O–H groups in total. The Morgan fingerprint density at radius 3 is 2.18 bits per heavy atom. The number of piperidine rings is 1. The summed E-state index contributed by atoms with van der Waals surface area (Å²) in [5, 5.41) is 1.93. The van der Waals surface area contributed by atoms with Crippen molar-refractivity contribution in [3.05, 3.63) is 82.8 Å². The Kier molecular flexibility index (Phi) is 6.87. The lowest BCUT2D eigenvalue weighted by atomic mass is 9.78. The molecule has 0 atom stereocenters. The lowest BCUT2D eigenvalue weighted by molar-refractivity contribution is 0.236. The molecule has 7 nitrogen and oxygen atoms in total. The number of benzene rings is 2. The van der Waals surface area contributed by atoms with Crippen LogP contribution in [0.1, 0.15) is 17.7 Å². The van der Waals surface area contributed by atoms with E-state index in [0.29, 0.717) is 18.5 Å². The highest BCUT2D eigenvalue weighted by molar-refractivity contribution is 7.90. The van der Waals surface area contributed by atoms with Crippen LogP contribution in [0.3, 0.4) is 0 Å². The van der Waals surface area contributed by atoms with Gasteiger partial charge in [0.05, 0.1) is 4.90 Å². The van der Waals surface area contributed by atoms with Crippen LogP contribution in [0.4, 0.5) is 10.1 Å². The molecule has 11 heteroatoms. The van der Waals surface area contributed by atoms with Gasteiger partial charge in [-0.3, -0.25) is 4.72 Å². The van der Waals surface area contributed by atoms with Crippen LogP contribution in [0.25, 0.3) is 0 Å². The highest BCUT2D eigenvalue weighted by Crippen LogP contribution is 2.39. The second-order valence-corrected chi connectivity index (χ2v) is 12.3. The third-order valence-corrected chi connectivity index (χ3v) is 9.86. The summed E-state index contributed by atoms with van der Waals surface area (Å²) in [5.41, 5.74) is -0.0793. The fraction of sp³-hybridized carbons (Fsp3) is 0.273. The summed E-state index contributed by atoms with van der Waals surface area (Å²) in [5.74, 6) is -0.499. The highest BCUT2D eigenvalue weighted by atomic mass is 32.2. The lowest BCUT2D eigenvalue weighted by Crippen LogP contribution is -2.50. The molecule has 0 saturated carbocycles. The van der Waals surface area contributed by atoms with Crippen LogP contribution >= 0.6 is 11.3 Å². The zero-order chi connectivity index (χ0) is 23.5.